The number of nitrogens with two attached hydrogens (primary N) is 1. The third kappa shape index (κ3) is 4.47. The van der Waals surface area contributed by atoms with Gasteiger partial charge in [-0.3, -0.25) is 0 Å². The van der Waals surface area contributed by atoms with Crippen LogP contribution >= 0.6 is 0 Å². The molecule has 1 aliphatic heterocycles. The van der Waals surface area contributed by atoms with Crippen molar-refractivity contribution in [1.29, 1.82) is 0 Å². The number of benzene rings is 1. The zero-order valence-corrected chi connectivity index (χ0v) is 11.4. The second kappa shape index (κ2) is 7.02. The molecule has 0 radical (unpaired) electrons. The highest BCUT2D eigenvalue weighted by molar-refractivity contribution is 5.74. The molecule has 104 valence electrons. The Labute approximate surface area is 115 Å². The van der Waals surface area contributed by atoms with Gasteiger partial charge in [-0.2, -0.15) is 0 Å². The molecule has 19 heavy (non-hydrogen) atoms. The molecule has 3 N–H and O–H groups in total. The Hall–Kier alpha value is -1.71. The molecular formula is C15H23N3O. The molecule has 0 aliphatic carbocycles. The lowest BCUT2D eigenvalue weighted by Crippen LogP contribution is -2.41. The highest BCUT2D eigenvalue weighted by Gasteiger charge is 2.14. The van der Waals surface area contributed by atoms with Crippen LogP contribution in [0.1, 0.15) is 31.2 Å². The number of carbonyl (C=O) groups excluding carboxylic acids is 1. The average molecular weight is 261 g/mol. The number of urea groups is 1. The van der Waals surface area contributed by atoms with Crippen LogP contribution in [0.4, 0.5) is 10.5 Å². The van der Waals surface area contributed by atoms with Gasteiger partial charge in [0.15, 0.2) is 0 Å². The van der Waals surface area contributed by atoms with Gasteiger partial charge in [-0.15, -0.1) is 0 Å². The van der Waals surface area contributed by atoms with Gasteiger partial charge in [0.25, 0.3) is 0 Å². The Kier molecular flexibility index (Phi) is 5.07. The summed E-state index contributed by atoms with van der Waals surface area (Å²) in [7, 11) is 0. The maximum Gasteiger partial charge on any atom is 0.317 e. The highest BCUT2D eigenvalue weighted by atomic mass is 16.2. The fraction of sp³-hybridized carbons (Fsp3) is 0.533. The van der Waals surface area contributed by atoms with Crippen molar-refractivity contribution in [3.05, 3.63) is 29.8 Å². The first-order chi connectivity index (χ1) is 9.25. The lowest BCUT2D eigenvalue weighted by atomic mass is 10.1. The van der Waals surface area contributed by atoms with Crippen LogP contribution in [-0.2, 0) is 6.42 Å². The molecule has 0 aromatic heterocycles. The van der Waals surface area contributed by atoms with Gasteiger partial charge in [0.1, 0.15) is 0 Å². The SMILES string of the molecule is Nc1ccc(CCNC(=O)N2CCCCCC2)cc1. The molecule has 0 saturated carbocycles. The Balaban J connectivity index is 1.72. The summed E-state index contributed by atoms with van der Waals surface area (Å²) in [5.41, 5.74) is 7.61. The van der Waals surface area contributed by atoms with Crippen LogP contribution in [0, 0.1) is 0 Å². The van der Waals surface area contributed by atoms with E-state index in [0.717, 1.165) is 38.0 Å². The number of hydrogen-bond acceptors (Lipinski definition) is 2. The highest BCUT2D eigenvalue weighted by Crippen LogP contribution is 2.09. The summed E-state index contributed by atoms with van der Waals surface area (Å²) >= 11 is 0. The zero-order valence-electron chi connectivity index (χ0n) is 11.4. The molecule has 2 rings (SSSR count). The molecular weight excluding hydrogens is 238 g/mol. The van der Waals surface area contributed by atoms with Crippen LogP contribution in [0.25, 0.3) is 0 Å². The molecule has 1 aromatic carbocycles. The molecule has 0 atom stereocenters. The van der Waals surface area contributed by atoms with E-state index in [-0.39, 0.29) is 6.03 Å². The summed E-state index contributed by atoms with van der Waals surface area (Å²) in [6, 6.07) is 7.89. The summed E-state index contributed by atoms with van der Waals surface area (Å²) in [6.45, 7) is 2.47. The van der Waals surface area contributed by atoms with Crippen LogP contribution in [0.15, 0.2) is 24.3 Å². The van der Waals surface area contributed by atoms with Gasteiger partial charge in [0, 0.05) is 25.3 Å². The number of hydrogen-bond donors (Lipinski definition) is 2. The molecule has 4 nitrogen and oxygen atoms in total. The summed E-state index contributed by atoms with van der Waals surface area (Å²) in [6.07, 6.45) is 5.60. The Morgan fingerprint density at radius 1 is 1.11 bits per heavy atom. The molecule has 2 amide bonds. The van der Waals surface area contributed by atoms with E-state index in [1.165, 1.54) is 18.4 Å². The summed E-state index contributed by atoms with van der Waals surface area (Å²) < 4.78 is 0. The molecule has 0 unspecified atom stereocenters. The van der Waals surface area contributed by atoms with Crippen LogP contribution < -0.4 is 11.1 Å². The van der Waals surface area contributed by atoms with E-state index in [2.05, 4.69) is 5.32 Å². The van der Waals surface area contributed by atoms with Gasteiger partial charge in [-0.25, -0.2) is 4.79 Å². The second-order valence-electron chi connectivity index (χ2n) is 5.12. The fourth-order valence-electron chi connectivity index (χ4n) is 2.38. The first-order valence-corrected chi connectivity index (χ1v) is 7.13. The molecule has 1 fully saturated rings. The Morgan fingerprint density at radius 3 is 2.37 bits per heavy atom. The number of anilines is 1. The molecule has 1 aromatic rings. The van der Waals surface area contributed by atoms with Gasteiger partial charge in [-0.1, -0.05) is 25.0 Å². The monoisotopic (exact) mass is 261 g/mol. The van der Waals surface area contributed by atoms with Crippen molar-refractivity contribution >= 4 is 11.7 Å². The molecule has 4 heteroatoms. The number of nitrogen functional groups attached to an aromatic ring is 1. The van der Waals surface area contributed by atoms with Crippen molar-refractivity contribution in [2.24, 2.45) is 0 Å². The molecule has 1 heterocycles. The average Bonchev–Trinajstić information content (AvgIpc) is 2.70. The van der Waals surface area contributed by atoms with Crippen LogP contribution in [0.5, 0.6) is 0 Å². The topological polar surface area (TPSA) is 58.4 Å². The number of amides is 2. The minimum Gasteiger partial charge on any atom is -0.399 e. The van der Waals surface area contributed by atoms with Gasteiger partial charge in [0.2, 0.25) is 0 Å². The van der Waals surface area contributed by atoms with Crippen LogP contribution in [0.2, 0.25) is 0 Å². The van der Waals surface area contributed by atoms with E-state index >= 15 is 0 Å². The Bertz CT molecular complexity index is 394. The van der Waals surface area contributed by atoms with Gasteiger partial charge < -0.3 is 16.0 Å². The first-order valence-electron chi connectivity index (χ1n) is 7.13. The van der Waals surface area contributed by atoms with Crippen molar-refractivity contribution in [2.45, 2.75) is 32.1 Å². The largest absolute Gasteiger partial charge is 0.399 e. The van der Waals surface area contributed by atoms with Crippen molar-refractivity contribution in [3.8, 4) is 0 Å². The third-order valence-electron chi connectivity index (χ3n) is 3.56. The zero-order chi connectivity index (χ0) is 13.5. The van der Waals surface area contributed by atoms with E-state index in [9.17, 15) is 4.79 Å². The second-order valence-corrected chi connectivity index (χ2v) is 5.12. The predicted octanol–water partition coefficient (Wildman–Crippen LogP) is 2.40. The maximum absolute atomic E-state index is 12.0. The minimum atomic E-state index is 0.0809. The molecule has 0 spiro atoms. The van der Waals surface area contributed by atoms with Gasteiger partial charge in [0.05, 0.1) is 0 Å². The molecule has 1 aliphatic rings. The number of carbonyl (C=O) groups is 1. The lowest BCUT2D eigenvalue weighted by Gasteiger charge is -2.20. The minimum absolute atomic E-state index is 0.0809. The number of nitrogens with one attached hydrogen (secondary N) is 1. The number of rotatable bonds is 3. The quantitative estimate of drug-likeness (QED) is 0.821. The van der Waals surface area contributed by atoms with Crippen molar-refractivity contribution in [3.63, 3.8) is 0 Å². The Morgan fingerprint density at radius 2 is 1.74 bits per heavy atom. The summed E-state index contributed by atoms with van der Waals surface area (Å²) in [4.78, 5) is 13.9. The molecule has 0 bridgehead atoms. The van der Waals surface area contributed by atoms with Crippen LogP contribution in [-0.4, -0.2) is 30.6 Å². The summed E-state index contributed by atoms with van der Waals surface area (Å²) in [5, 5.41) is 3.00. The first kappa shape index (κ1) is 13.7. The standard InChI is InChI=1S/C15H23N3O/c16-14-7-5-13(6-8-14)9-10-17-15(19)18-11-3-1-2-4-12-18/h5-8H,1-4,9-12,16H2,(H,17,19). The smallest absolute Gasteiger partial charge is 0.317 e. The van der Waals surface area contributed by atoms with Gasteiger partial charge in [-0.05, 0) is 37.0 Å². The van der Waals surface area contributed by atoms with Crippen molar-refractivity contribution in [2.75, 3.05) is 25.4 Å². The lowest BCUT2D eigenvalue weighted by molar-refractivity contribution is 0.200. The number of likely N-dealkylation sites (tertiary alicyclic amines) is 1. The van der Waals surface area contributed by atoms with Crippen LogP contribution in [0.3, 0.4) is 0 Å². The fourth-order valence-corrected chi connectivity index (χ4v) is 2.38. The van der Waals surface area contributed by atoms with E-state index in [0.29, 0.717) is 6.54 Å². The van der Waals surface area contributed by atoms with Crippen molar-refractivity contribution in [1.82, 2.24) is 10.2 Å². The molecule has 1 saturated heterocycles. The normalized spacial score (nSPS) is 15.9. The predicted molar refractivity (Wildman–Crippen MR) is 78.0 cm³/mol. The third-order valence-corrected chi connectivity index (χ3v) is 3.56. The van der Waals surface area contributed by atoms with E-state index in [4.69, 9.17) is 5.73 Å². The number of nitrogens with zero attached hydrogens (tertiary/aromatic N) is 1. The summed E-state index contributed by atoms with van der Waals surface area (Å²) in [5.74, 6) is 0. The van der Waals surface area contributed by atoms with E-state index < -0.39 is 0 Å². The van der Waals surface area contributed by atoms with E-state index in [1.54, 1.807) is 0 Å². The van der Waals surface area contributed by atoms with E-state index in [1.807, 2.05) is 29.2 Å². The maximum atomic E-state index is 12.0. The van der Waals surface area contributed by atoms with Crippen molar-refractivity contribution < 1.29 is 4.79 Å². The van der Waals surface area contributed by atoms with Gasteiger partial charge >= 0.3 is 6.03 Å².